The molecule has 5 aromatic rings. The number of benzene rings is 2. The second-order valence-corrected chi connectivity index (χ2v) is 7.83. The summed E-state index contributed by atoms with van der Waals surface area (Å²) in [6, 6.07) is 12.4. The first-order valence-corrected chi connectivity index (χ1v) is 10.8. The highest BCUT2D eigenvalue weighted by atomic mass is 19.1. The number of aryl methyl sites for hydroxylation is 1. The predicted octanol–water partition coefficient (Wildman–Crippen LogP) is 4.49. The van der Waals surface area contributed by atoms with E-state index >= 15 is 4.39 Å². The normalized spacial score (nSPS) is 10.9. The Hall–Kier alpha value is -5.26. The maximum absolute atomic E-state index is 15.2. The van der Waals surface area contributed by atoms with E-state index in [1.807, 2.05) is 0 Å². The molecule has 10 nitrogen and oxygen atoms in total. The molecule has 0 aliphatic heterocycles. The fraction of sp³-hybridized carbons (Fsp3) is 0.0400. The van der Waals surface area contributed by atoms with Crippen LogP contribution in [0.1, 0.15) is 5.82 Å². The van der Waals surface area contributed by atoms with Crippen molar-refractivity contribution < 1.29 is 18.3 Å². The quantitative estimate of drug-likeness (QED) is 0.326. The van der Waals surface area contributed by atoms with E-state index in [4.69, 9.17) is 10.5 Å². The number of ether oxygens (including phenoxy) is 1. The van der Waals surface area contributed by atoms with Gasteiger partial charge in [0.05, 0.1) is 0 Å². The number of aromatic nitrogens is 6. The Morgan fingerprint density at radius 3 is 2.57 bits per heavy atom. The Morgan fingerprint density at radius 2 is 1.86 bits per heavy atom. The number of halogens is 2. The van der Waals surface area contributed by atoms with Crippen LogP contribution in [0.5, 0.6) is 11.6 Å². The molecule has 0 aliphatic rings. The van der Waals surface area contributed by atoms with Crippen molar-refractivity contribution in [2.75, 3.05) is 11.1 Å². The number of hydrogen-bond donors (Lipinski definition) is 2. The minimum absolute atomic E-state index is 0.0290. The average molecular weight is 500 g/mol. The third-order valence-electron chi connectivity index (χ3n) is 5.32. The van der Waals surface area contributed by atoms with Crippen molar-refractivity contribution in [1.29, 1.82) is 0 Å². The first kappa shape index (κ1) is 23.5. The van der Waals surface area contributed by atoms with Gasteiger partial charge in [-0.1, -0.05) is 24.8 Å². The molecule has 0 saturated heterocycles. The van der Waals surface area contributed by atoms with Crippen molar-refractivity contribution in [3.8, 4) is 34.0 Å². The zero-order valence-corrected chi connectivity index (χ0v) is 19.3. The summed E-state index contributed by atoms with van der Waals surface area (Å²) in [5.74, 6) is -1.88. The van der Waals surface area contributed by atoms with Gasteiger partial charge >= 0.3 is 0 Å². The molecule has 12 heteroatoms. The topological polar surface area (TPSA) is 133 Å². The summed E-state index contributed by atoms with van der Waals surface area (Å²) in [5.41, 5.74) is 8.83. The molecule has 5 rings (SSSR count). The third-order valence-corrected chi connectivity index (χ3v) is 5.32. The minimum atomic E-state index is -1.11. The third kappa shape index (κ3) is 4.67. The van der Waals surface area contributed by atoms with E-state index in [9.17, 15) is 9.18 Å². The maximum atomic E-state index is 15.2. The number of nitrogens with two attached hydrogens (primary N) is 1. The van der Waals surface area contributed by atoms with Crippen molar-refractivity contribution in [2.24, 2.45) is 0 Å². The zero-order valence-electron chi connectivity index (χ0n) is 19.3. The largest absolute Gasteiger partial charge is 0.436 e. The lowest BCUT2D eigenvalue weighted by atomic mass is 9.99. The van der Waals surface area contributed by atoms with Crippen LogP contribution in [0.25, 0.3) is 27.9 Å². The molecule has 0 spiro atoms. The number of amides is 1. The molecular formula is C25H18F2N8O2. The van der Waals surface area contributed by atoms with E-state index < -0.39 is 17.6 Å². The summed E-state index contributed by atoms with van der Waals surface area (Å²) in [5, 5.41) is 11.0. The number of fused-ring (bicyclic) bond motifs is 1. The number of nitrogens with zero attached hydrogens (tertiary/aromatic N) is 6. The van der Waals surface area contributed by atoms with Crippen LogP contribution in [0.2, 0.25) is 0 Å². The molecule has 0 bridgehead atoms. The Morgan fingerprint density at radius 1 is 1.11 bits per heavy atom. The van der Waals surface area contributed by atoms with Gasteiger partial charge in [0.2, 0.25) is 5.88 Å². The smallest absolute Gasteiger partial charge is 0.283 e. The van der Waals surface area contributed by atoms with Crippen LogP contribution in [0.15, 0.2) is 73.5 Å². The van der Waals surface area contributed by atoms with Crippen LogP contribution in [0.4, 0.5) is 20.3 Å². The predicted molar refractivity (Wildman–Crippen MR) is 132 cm³/mol. The van der Waals surface area contributed by atoms with Gasteiger partial charge in [-0.2, -0.15) is 4.98 Å². The lowest BCUT2D eigenvalue weighted by molar-refractivity contribution is -0.114. The van der Waals surface area contributed by atoms with Gasteiger partial charge < -0.3 is 15.8 Å². The standard InChI is InChI=1S/C25H18F2N8O2/c1-13(26)25(36)33-17-6-3-15(4-7-17)22-21(23-24(28)30-12-31-35(23)34-22)16-5-8-19(18(27)11-16)37-20-9-10-29-14(2)32-20/h3-12H,1H2,2H3,(H,33,36)(H2,28,30,31). The van der Waals surface area contributed by atoms with Crippen LogP contribution in [-0.4, -0.2) is 35.7 Å². The second kappa shape index (κ2) is 9.41. The first-order chi connectivity index (χ1) is 17.8. The van der Waals surface area contributed by atoms with Gasteiger partial charge in [0, 0.05) is 29.1 Å². The molecular weight excluding hydrogens is 482 g/mol. The molecule has 0 fully saturated rings. The van der Waals surface area contributed by atoms with Gasteiger partial charge in [-0.15, -0.1) is 14.8 Å². The fourth-order valence-corrected chi connectivity index (χ4v) is 3.65. The van der Waals surface area contributed by atoms with Crippen molar-refractivity contribution >= 4 is 22.9 Å². The molecule has 0 unspecified atom stereocenters. The number of anilines is 2. The molecule has 0 atom stereocenters. The summed E-state index contributed by atoms with van der Waals surface area (Å²) in [6.07, 6.45) is 2.77. The van der Waals surface area contributed by atoms with Crippen LogP contribution < -0.4 is 15.8 Å². The number of nitrogen functional groups attached to an aromatic ring is 1. The first-order valence-electron chi connectivity index (χ1n) is 10.8. The zero-order chi connectivity index (χ0) is 26.1. The highest BCUT2D eigenvalue weighted by molar-refractivity contribution is 6.02. The molecule has 184 valence electrons. The Kier molecular flexibility index (Phi) is 5.97. The summed E-state index contributed by atoms with van der Waals surface area (Å²) in [6.45, 7) is 4.67. The Bertz CT molecular complexity index is 1670. The average Bonchev–Trinajstić information content (AvgIpc) is 3.27. The van der Waals surface area contributed by atoms with Gasteiger partial charge in [-0.3, -0.25) is 4.79 Å². The number of carbonyl (C=O) groups is 1. The SMILES string of the molecule is C=C(F)C(=O)Nc1ccc(-c2nn3ncnc(N)c3c2-c2ccc(Oc3ccnc(C)n3)c(F)c2)cc1. The molecule has 3 heterocycles. The van der Waals surface area contributed by atoms with Gasteiger partial charge in [0.25, 0.3) is 5.91 Å². The highest BCUT2D eigenvalue weighted by Gasteiger charge is 2.21. The molecule has 37 heavy (non-hydrogen) atoms. The fourth-order valence-electron chi connectivity index (χ4n) is 3.65. The number of hydrogen-bond acceptors (Lipinski definition) is 8. The molecule has 0 aliphatic carbocycles. The van der Waals surface area contributed by atoms with Crippen LogP contribution in [0.3, 0.4) is 0 Å². The van der Waals surface area contributed by atoms with E-state index in [0.717, 1.165) is 0 Å². The van der Waals surface area contributed by atoms with E-state index in [1.165, 1.54) is 35.4 Å². The minimum Gasteiger partial charge on any atom is -0.436 e. The van der Waals surface area contributed by atoms with Crippen LogP contribution in [-0.2, 0) is 4.79 Å². The molecule has 3 aromatic heterocycles. The van der Waals surface area contributed by atoms with Crippen molar-refractivity contribution in [1.82, 2.24) is 29.8 Å². The number of carbonyl (C=O) groups excluding carboxylic acids is 1. The van der Waals surface area contributed by atoms with Crippen LogP contribution in [0, 0.1) is 12.7 Å². The Balaban J connectivity index is 1.57. The van der Waals surface area contributed by atoms with E-state index in [-0.39, 0.29) is 17.4 Å². The van der Waals surface area contributed by atoms with E-state index in [0.29, 0.717) is 39.4 Å². The molecule has 3 N–H and O–H groups in total. The lowest BCUT2D eigenvalue weighted by Crippen LogP contribution is -2.10. The maximum Gasteiger partial charge on any atom is 0.283 e. The summed E-state index contributed by atoms with van der Waals surface area (Å²) in [7, 11) is 0. The van der Waals surface area contributed by atoms with Gasteiger partial charge in [-0.05, 0) is 36.8 Å². The van der Waals surface area contributed by atoms with Crippen molar-refractivity contribution in [3.05, 3.63) is 85.1 Å². The summed E-state index contributed by atoms with van der Waals surface area (Å²) < 4.78 is 35.1. The van der Waals surface area contributed by atoms with Crippen LogP contribution >= 0.6 is 0 Å². The Labute approximate surface area is 208 Å². The summed E-state index contributed by atoms with van der Waals surface area (Å²) in [4.78, 5) is 23.7. The summed E-state index contributed by atoms with van der Waals surface area (Å²) >= 11 is 0. The molecule has 1 amide bonds. The van der Waals surface area contributed by atoms with Gasteiger partial charge in [-0.25, -0.2) is 18.7 Å². The monoisotopic (exact) mass is 500 g/mol. The van der Waals surface area contributed by atoms with E-state index in [1.54, 1.807) is 37.3 Å². The van der Waals surface area contributed by atoms with Gasteiger partial charge in [0.1, 0.15) is 23.4 Å². The molecule has 0 saturated carbocycles. The van der Waals surface area contributed by atoms with Crippen molar-refractivity contribution in [2.45, 2.75) is 6.92 Å². The van der Waals surface area contributed by atoms with E-state index in [2.05, 4.69) is 37.0 Å². The highest BCUT2D eigenvalue weighted by Crippen LogP contribution is 2.38. The number of nitrogens with one attached hydrogen (secondary N) is 1. The lowest BCUT2D eigenvalue weighted by Gasteiger charge is -2.09. The second-order valence-electron chi connectivity index (χ2n) is 7.83. The molecule has 0 radical (unpaired) electrons. The van der Waals surface area contributed by atoms with Crippen molar-refractivity contribution in [3.63, 3.8) is 0 Å². The van der Waals surface area contributed by atoms with Gasteiger partial charge in [0.15, 0.2) is 23.2 Å². The number of rotatable bonds is 6. The molecule has 2 aromatic carbocycles.